The van der Waals surface area contributed by atoms with Gasteiger partial charge < -0.3 is 10.6 Å². The van der Waals surface area contributed by atoms with Gasteiger partial charge in [0.15, 0.2) is 0 Å². The summed E-state index contributed by atoms with van der Waals surface area (Å²) in [6.07, 6.45) is 2.82. The molecule has 0 spiro atoms. The third-order valence-electron chi connectivity index (χ3n) is 2.59. The Morgan fingerprint density at radius 3 is 3.31 bits per heavy atom. The molecule has 0 amide bonds. The molecule has 2 aromatic heterocycles. The van der Waals surface area contributed by atoms with Gasteiger partial charge in [-0.15, -0.1) is 16.4 Å². The summed E-state index contributed by atoms with van der Waals surface area (Å²) in [7, 11) is 1.82. The molecule has 1 aliphatic rings. The van der Waals surface area contributed by atoms with E-state index >= 15 is 0 Å². The molecule has 16 heavy (non-hydrogen) atoms. The molecule has 0 saturated carbocycles. The molecule has 0 aliphatic carbocycles. The van der Waals surface area contributed by atoms with E-state index in [0.717, 1.165) is 23.9 Å². The Labute approximate surface area is 96.7 Å². The van der Waals surface area contributed by atoms with Gasteiger partial charge in [-0.3, -0.25) is 0 Å². The predicted molar refractivity (Wildman–Crippen MR) is 62.9 cm³/mol. The first-order valence-electron chi connectivity index (χ1n) is 5.16. The maximum Gasteiger partial charge on any atom is 0.243 e. The molecule has 1 unspecified atom stereocenters. The first kappa shape index (κ1) is 9.59. The topological polar surface area (TPSA) is 67.7 Å². The van der Waals surface area contributed by atoms with Gasteiger partial charge in [0.25, 0.3) is 0 Å². The molecule has 3 rings (SSSR count). The molecule has 2 N–H and O–H groups in total. The lowest BCUT2D eigenvalue weighted by Crippen LogP contribution is -2.24. The van der Waals surface area contributed by atoms with Crippen molar-refractivity contribution < 1.29 is 0 Å². The summed E-state index contributed by atoms with van der Waals surface area (Å²) < 4.78 is 1.91. The van der Waals surface area contributed by atoms with Crippen molar-refractivity contribution in [3.05, 3.63) is 16.6 Å². The molecule has 7 heteroatoms. The molecule has 6 nitrogen and oxygen atoms in total. The number of anilines is 2. The Balaban J connectivity index is 2.02. The van der Waals surface area contributed by atoms with Gasteiger partial charge >= 0.3 is 0 Å². The lowest BCUT2D eigenvalue weighted by molar-refractivity contribution is 0.479. The quantitative estimate of drug-likeness (QED) is 0.819. The Bertz CT molecular complexity index is 476. The molecule has 0 saturated heterocycles. The van der Waals surface area contributed by atoms with E-state index in [9.17, 15) is 0 Å². The average molecular weight is 236 g/mol. The van der Waals surface area contributed by atoms with Crippen LogP contribution >= 0.6 is 11.3 Å². The SMILES string of the molecule is CNc1nc2n(n1)C(c1nccs1)CCN2. The molecule has 0 radical (unpaired) electrons. The van der Waals surface area contributed by atoms with Gasteiger partial charge in [-0.2, -0.15) is 4.98 Å². The van der Waals surface area contributed by atoms with Gasteiger partial charge in [-0.1, -0.05) is 0 Å². The Morgan fingerprint density at radius 2 is 2.56 bits per heavy atom. The zero-order valence-electron chi connectivity index (χ0n) is 8.84. The highest BCUT2D eigenvalue weighted by Crippen LogP contribution is 2.29. The predicted octanol–water partition coefficient (Wildman–Crippen LogP) is 1.18. The molecule has 1 atom stereocenters. The normalized spacial score (nSPS) is 18.9. The lowest BCUT2D eigenvalue weighted by Gasteiger charge is -2.22. The Hall–Kier alpha value is -1.63. The highest BCUT2D eigenvalue weighted by atomic mass is 32.1. The van der Waals surface area contributed by atoms with Crippen LogP contribution < -0.4 is 10.6 Å². The number of nitrogens with zero attached hydrogens (tertiary/aromatic N) is 4. The minimum Gasteiger partial charge on any atom is -0.356 e. The number of thiazole rings is 1. The minimum atomic E-state index is 0.214. The summed E-state index contributed by atoms with van der Waals surface area (Å²) in [6.45, 7) is 0.909. The fraction of sp³-hybridized carbons (Fsp3) is 0.444. The second-order valence-corrected chi connectivity index (χ2v) is 4.48. The van der Waals surface area contributed by atoms with Crippen LogP contribution in [0, 0.1) is 0 Å². The fourth-order valence-electron chi connectivity index (χ4n) is 1.84. The molecule has 0 fully saturated rings. The van der Waals surface area contributed by atoms with E-state index in [-0.39, 0.29) is 6.04 Å². The first-order chi connectivity index (χ1) is 7.88. The van der Waals surface area contributed by atoms with Crippen LogP contribution in [-0.4, -0.2) is 33.3 Å². The molecule has 84 valence electrons. The van der Waals surface area contributed by atoms with Crippen LogP contribution in [0.4, 0.5) is 11.9 Å². The van der Waals surface area contributed by atoms with E-state index in [4.69, 9.17) is 0 Å². The molecular weight excluding hydrogens is 224 g/mol. The smallest absolute Gasteiger partial charge is 0.243 e. The third-order valence-corrected chi connectivity index (χ3v) is 3.46. The Morgan fingerprint density at radius 1 is 1.62 bits per heavy atom. The lowest BCUT2D eigenvalue weighted by atomic mass is 10.2. The third kappa shape index (κ3) is 1.44. The largest absolute Gasteiger partial charge is 0.356 e. The van der Waals surface area contributed by atoms with Gasteiger partial charge in [0.2, 0.25) is 11.9 Å². The summed E-state index contributed by atoms with van der Waals surface area (Å²) in [4.78, 5) is 8.69. The van der Waals surface area contributed by atoms with Crippen molar-refractivity contribution in [1.82, 2.24) is 19.7 Å². The number of aromatic nitrogens is 4. The maximum atomic E-state index is 4.41. The van der Waals surface area contributed by atoms with Crippen LogP contribution in [0.25, 0.3) is 0 Å². The molecule has 1 aliphatic heterocycles. The van der Waals surface area contributed by atoms with Gasteiger partial charge in [-0.25, -0.2) is 9.67 Å². The van der Waals surface area contributed by atoms with Gasteiger partial charge in [0.05, 0.1) is 0 Å². The van der Waals surface area contributed by atoms with Crippen molar-refractivity contribution in [1.29, 1.82) is 0 Å². The summed E-state index contributed by atoms with van der Waals surface area (Å²) in [5, 5.41) is 13.7. The summed E-state index contributed by atoms with van der Waals surface area (Å²) in [5.74, 6) is 1.46. The van der Waals surface area contributed by atoms with Crippen LogP contribution in [0.2, 0.25) is 0 Å². The van der Waals surface area contributed by atoms with Crippen molar-refractivity contribution in [3.8, 4) is 0 Å². The molecule has 2 aromatic rings. The van der Waals surface area contributed by atoms with Crippen LogP contribution in [0.15, 0.2) is 11.6 Å². The minimum absolute atomic E-state index is 0.214. The van der Waals surface area contributed by atoms with E-state index in [2.05, 4.69) is 25.7 Å². The van der Waals surface area contributed by atoms with Crippen LogP contribution in [0.3, 0.4) is 0 Å². The van der Waals surface area contributed by atoms with Crippen molar-refractivity contribution in [2.24, 2.45) is 0 Å². The molecular formula is C9H12N6S. The Kier molecular flexibility index (Phi) is 2.24. The summed E-state index contributed by atoms with van der Waals surface area (Å²) >= 11 is 1.66. The van der Waals surface area contributed by atoms with Crippen LogP contribution in [0.5, 0.6) is 0 Å². The van der Waals surface area contributed by atoms with Crippen LogP contribution in [0.1, 0.15) is 17.5 Å². The molecule has 0 aromatic carbocycles. The van der Waals surface area contributed by atoms with Gasteiger partial charge in [0, 0.05) is 25.2 Å². The number of hydrogen-bond acceptors (Lipinski definition) is 6. The zero-order chi connectivity index (χ0) is 11.0. The molecule has 3 heterocycles. The number of rotatable bonds is 2. The summed E-state index contributed by atoms with van der Waals surface area (Å²) in [6, 6.07) is 0.214. The van der Waals surface area contributed by atoms with Crippen molar-refractivity contribution in [3.63, 3.8) is 0 Å². The number of fused-ring (bicyclic) bond motifs is 1. The number of nitrogens with one attached hydrogen (secondary N) is 2. The van der Waals surface area contributed by atoms with Crippen molar-refractivity contribution >= 4 is 23.2 Å². The van der Waals surface area contributed by atoms with E-state index in [1.165, 1.54) is 0 Å². The highest BCUT2D eigenvalue weighted by molar-refractivity contribution is 7.09. The summed E-state index contributed by atoms with van der Waals surface area (Å²) in [5.41, 5.74) is 0. The van der Waals surface area contributed by atoms with Crippen molar-refractivity contribution in [2.75, 3.05) is 24.2 Å². The highest BCUT2D eigenvalue weighted by Gasteiger charge is 2.25. The molecule has 0 bridgehead atoms. The standard InChI is InChI=1S/C9H12N6S/c1-10-8-13-9-12-3-2-6(15(9)14-8)7-11-4-5-16-7/h4-6H,2-3H2,1H3,(H2,10,12,13,14). The van der Waals surface area contributed by atoms with Crippen molar-refractivity contribution in [2.45, 2.75) is 12.5 Å². The zero-order valence-corrected chi connectivity index (χ0v) is 9.66. The average Bonchev–Trinajstić information content (AvgIpc) is 2.97. The second kappa shape index (κ2) is 3.75. The monoisotopic (exact) mass is 236 g/mol. The van der Waals surface area contributed by atoms with E-state index < -0.39 is 0 Å². The van der Waals surface area contributed by atoms with E-state index in [1.54, 1.807) is 11.3 Å². The fourth-order valence-corrected chi connectivity index (χ4v) is 2.59. The van der Waals surface area contributed by atoms with E-state index in [1.807, 2.05) is 23.3 Å². The van der Waals surface area contributed by atoms with Gasteiger partial charge in [0.1, 0.15) is 11.0 Å². The maximum absolute atomic E-state index is 4.41. The van der Waals surface area contributed by atoms with Crippen LogP contribution in [-0.2, 0) is 0 Å². The van der Waals surface area contributed by atoms with E-state index in [0.29, 0.717) is 5.95 Å². The second-order valence-electron chi connectivity index (χ2n) is 3.56. The number of hydrogen-bond donors (Lipinski definition) is 2. The van der Waals surface area contributed by atoms with Gasteiger partial charge in [-0.05, 0) is 6.42 Å². The first-order valence-corrected chi connectivity index (χ1v) is 6.04.